The van der Waals surface area contributed by atoms with Crippen molar-refractivity contribution in [3.05, 3.63) is 17.7 Å². The van der Waals surface area contributed by atoms with Gasteiger partial charge >= 0.3 is 0 Å². The summed E-state index contributed by atoms with van der Waals surface area (Å²) in [5.74, 6) is 0.744. The maximum atomic E-state index is 13.1. The summed E-state index contributed by atoms with van der Waals surface area (Å²) >= 11 is 0. The molecule has 2 N–H and O–H groups in total. The number of halogens is 1. The standard InChI is InChI=1S/C16H19FN4O2/c1-9-10(13(22)21-16(7-17)5-6-16)11-12(20-15(2)3-4-15)18-8-19-14(11)23-9/h8H,3-7H2,1-2H3,(H,21,22)(H,18,19,20). The molecule has 0 unspecified atom stereocenters. The molecule has 23 heavy (non-hydrogen) atoms. The Bertz CT molecular complexity index is 793. The van der Waals surface area contributed by atoms with Crippen LogP contribution in [-0.2, 0) is 0 Å². The Morgan fingerprint density at radius 3 is 2.70 bits per heavy atom. The zero-order chi connectivity index (χ0) is 16.2. The van der Waals surface area contributed by atoms with Crippen molar-refractivity contribution in [2.24, 2.45) is 0 Å². The molecule has 0 aliphatic heterocycles. The van der Waals surface area contributed by atoms with Crippen LogP contribution < -0.4 is 10.6 Å². The molecule has 0 aromatic carbocycles. The molecule has 4 rings (SSSR count). The third-order valence-electron chi connectivity index (χ3n) is 4.80. The number of amides is 1. The van der Waals surface area contributed by atoms with Crippen LogP contribution in [0.5, 0.6) is 0 Å². The topological polar surface area (TPSA) is 80.1 Å². The lowest BCUT2D eigenvalue weighted by Crippen LogP contribution is -2.38. The van der Waals surface area contributed by atoms with Crippen LogP contribution in [0.1, 0.15) is 48.7 Å². The monoisotopic (exact) mass is 318 g/mol. The first kappa shape index (κ1) is 14.4. The SMILES string of the molecule is Cc1oc2ncnc(NC3(C)CC3)c2c1C(=O)NC1(CF)CC1. The number of furan rings is 1. The van der Waals surface area contributed by atoms with Crippen LogP contribution in [0.4, 0.5) is 10.2 Å². The van der Waals surface area contributed by atoms with E-state index >= 15 is 0 Å². The second-order valence-corrected chi connectivity index (χ2v) is 6.99. The van der Waals surface area contributed by atoms with E-state index in [0.717, 1.165) is 12.8 Å². The number of hydrogen-bond acceptors (Lipinski definition) is 5. The van der Waals surface area contributed by atoms with E-state index in [0.29, 0.717) is 41.1 Å². The molecule has 1 amide bonds. The van der Waals surface area contributed by atoms with E-state index in [9.17, 15) is 9.18 Å². The second kappa shape index (κ2) is 4.66. The van der Waals surface area contributed by atoms with E-state index in [2.05, 4.69) is 27.5 Å². The summed E-state index contributed by atoms with van der Waals surface area (Å²) in [6.45, 7) is 3.28. The smallest absolute Gasteiger partial charge is 0.256 e. The van der Waals surface area contributed by atoms with Crippen LogP contribution in [0, 0.1) is 6.92 Å². The number of aromatic nitrogens is 2. The Morgan fingerprint density at radius 1 is 1.35 bits per heavy atom. The molecule has 2 heterocycles. The van der Waals surface area contributed by atoms with Crippen LogP contribution in [0.25, 0.3) is 11.1 Å². The number of hydrogen-bond donors (Lipinski definition) is 2. The lowest BCUT2D eigenvalue weighted by atomic mass is 10.1. The highest BCUT2D eigenvalue weighted by molar-refractivity contribution is 6.10. The molecule has 0 spiro atoms. The largest absolute Gasteiger partial charge is 0.442 e. The predicted molar refractivity (Wildman–Crippen MR) is 83.2 cm³/mol. The van der Waals surface area contributed by atoms with Crippen molar-refractivity contribution >= 4 is 22.8 Å². The zero-order valence-corrected chi connectivity index (χ0v) is 13.2. The normalized spacial score (nSPS) is 20.3. The highest BCUT2D eigenvalue weighted by Gasteiger charge is 2.45. The lowest BCUT2D eigenvalue weighted by molar-refractivity contribution is 0.0923. The van der Waals surface area contributed by atoms with Crippen LogP contribution in [0.2, 0.25) is 0 Å². The summed E-state index contributed by atoms with van der Waals surface area (Å²) in [5, 5.41) is 6.75. The molecular formula is C16H19FN4O2. The summed E-state index contributed by atoms with van der Waals surface area (Å²) in [6.07, 6.45) is 4.88. The van der Waals surface area contributed by atoms with Crippen molar-refractivity contribution in [2.45, 2.75) is 50.6 Å². The minimum absolute atomic E-state index is 0.0108. The average Bonchev–Trinajstić information content (AvgIpc) is 3.40. The van der Waals surface area contributed by atoms with Crippen LogP contribution in [0.3, 0.4) is 0 Å². The molecular weight excluding hydrogens is 299 g/mol. The molecule has 0 saturated heterocycles. The van der Waals surface area contributed by atoms with Crippen LogP contribution in [0.15, 0.2) is 10.7 Å². The molecule has 0 atom stereocenters. The number of aryl methyl sites for hydroxylation is 1. The highest BCUT2D eigenvalue weighted by Crippen LogP contribution is 2.41. The molecule has 2 aromatic rings. The van der Waals surface area contributed by atoms with Crippen molar-refractivity contribution < 1.29 is 13.6 Å². The zero-order valence-electron chi connectivity index (χ0n) is 13.2. The molecule has 2 aromatic heterocycles. The summed E-state index contributed by atoms with van der Waals surface area (Å²) in [6, 6.07) is 0. The highest BCUT2D eigenvalue weighted by atomic mass is 19.1. The number of rotatable bonds is 5. The lowest BCUT2D eigenvalue weighted by Gasteiger charge is -2.15. The van der Waals surface area contributed by atoms with Gasteiger partial charge in [0.1, 0.15) is 24.6 Å². The first-order chi connectivity index (χ1) is 11.0. The Hall–Kier alpha value is -2.18. The number of fused-ring (bicyclic) bond motifs is 1. The molecule has 2 fully saturated rings. The first-order valence-corrected chi connectivity index (χ1v) is 7.86. The van der Waals surface area contributed by atoms with E-state index < -0.39 is 12.2 Å². The van der Waals surface area contributed by atoms with Gasteiger partial charge in [-0.25, -0.2) is 14.4 Å². The molecule has 2 aliphatic carbocycles. The van der Waals surface area contributed by atoms with Gasteiger partial charge in [-0.2, -0.15) is 0 Å². The van der Waals surface area contributed by atoms with E-state index in [1.807, 2.05) is 0 Å². The molecule has 2 aliphatic rings. The third kappa shape index (κ3) is 2.44. The van der Waals surface area contributed by atoms with Gasteiger partial charge in [0.25, 0.3) is 5.91 Å². The Kier molecular flexibility index (Phi) is 2.92. The second-order valence-electron chi connectivity index (χ2n) is 6.99. The summed E-state index contributed by atoms with van der Waals surface area (Å²) in [5.41, 5.74) is 0.0851. The Labute approximate surface area is 132 Å². The molecule has 122 valence electrons. The molecule has 2 saturated carbocycles. The van der Waals surface area contributed by atoms with Gasteiger partial charge in [0.05, 0.1) is 16.5 Å². The number of carbonyl (C=O) groups excluding carboxylic acids is 1. The first-order valence-electron chi connectivity index (χ1n) is 7.86. The summed E-state index contributed by atoms with van der Waals surface area (Å²) in [7, 11) is 0. The van der Waals surface area contributed by atoms with Crippen molar-refractivity contribution in [3.63, 3.8) is 0 Å². The van der Waals surface area contributed by atoms with Gasteiger partial charge < -0.3 is 15.1 Å². The van der Waals surface area contributed by atoms with E-state index in [4.69, 9.17) is 4.42 Å². The maximum absolute atomic E-state index is 13.1. The van der Waals surface area contributed by atoms with Gasteiger partial charge in [0, 0.05) is 5.54 Å². The van der Waals surface area contributed by atoms with E-state index in [-0.39, 0.29) is 11.4 Å². The van der Waals surface area contributed by atoms with Gasteiger partial charge in [-0.15, -0.1) is 0 Å². The number of alkyl halides is 1. The minimum Gasteiger partial charge on any atom is -0.442 e. The minimum atomic E-state index is -0.696. The summed E-state index contributed by atoms with van der Waals surface area (Å²) < 4.78 is 18.7. The van der Waals surface area contributed by atoms with Crippen LogP contribution >= 0.6 is 0 Å². The van der Waals surface area contributed by atoms with Crippen molar-refractivity contribution in [3.8, 4) is 0 Å². The molecule has 6 nitrogen and oxygen atoms in total. The van der Waals surface area contributed by atoms with E-state index in [1.165, 1.54) is 6.33 Å². The molecule has 0 radical (unpaired) electrons. The quantitative estimate of drug-likeness (QED) is 0.886. The molecule has 0 bridgehead atoms. The Morgan fingerprint density at radius 2 is 2.09 bits per heavy atom. The van der Waals surface area contributed by atoms with Crippen molar-refractivity contribution in [2.75, 3.05) is 12.0 Å². The van der Waals surface area contributed by atoms with Gasteiger partial charge in [0.2, 0.25) is 5.71 Å². The van der Waals surface area contributed by atoms with Crippen LogP contribution in [-0.4, -0.2) is 33.6 Å². The van der Waals surface area contributed by atoms with Gasteiger partial charge in [0.15, 0.2) is 0 Å². The van der Waals surface area contributed by atoms with E-state index in [1.54, 1.807) is 6.92 Å². The number of anilines is 1. The fourth-order valence-corrected chi connectivity index (χ4v) is 2.76. The molecule has 7 heteroatoms. The van der Waals surface area contributed by atoms with Crippen molar-refractivity contribution in [1.29, 1.82) is 0 Å². The average molecular weight is 318 g/mol. The number of nitrogens with one attached hydrogen (secondary N) is 2. The van der Waals surface area contributed by atoms with Gasteiger partial charge in [-0.05, 0) is 39.5 Å². The van der Waals surface area contributed by atoms with Gasteiger partial charge in [-0.1, -0.05) is 0 Å². The fourth-order valence-electron chi connectivity index (χ4n) is 2.76. The fraction of sp³-hybridized carbons (Fsp3) is 0.562. The maximum Gasteiger partial charge on any atom is 0.256 e. The van der Waals surface area contributed by atoms with Crippen molar-refractivity contribution in [1.82, 2.24) is 15.3 Å². The van der Waals surface area contributed by atoms with Gasteiger partial charge in [-0.3, -0.25) is 4.79 Å². The number of nitrogens with zero attached hydrogens (tertiary/aromatic N) is 2. The predicted octanol–water partition coefficient (Wildman–Crippen LogP) is 2.73. The summed E-state index contributed by atoms with van der Waals surface area (Å²) in [4.78, 5) is 21.1. The third-order valence-corrected chi connectivity index (χ3v) is 4.80. The Balaban J connectivity index is 1.75. The number of carbonyl (C=O) groups is 1.